The van der Waals surface area contributed by atoms with E-state index in [4.69, 9.17) is 4.52 Å². The van der Waals surface area contributed by atoms with E-state index in [9.17, 15) is 9.59 Å². The number of hydrogen-bond acceptors (Lipinski definition) is 6. The second-order valence-corrected chi connectivity index (χ2v) is 7.85. The van der Waals surface area contributed by atoms with Crippen molar-refractivity contribution in [1.29, 1.82) is 0 Å². The summed E-state index contributed by atoms with van der Waals surface area (Å²) in [5, 5.41) is 9.48. The monoisotopic (exact) mass is 324 g/mol. The molecule has 2 aliphatic rings. The van der Waals surface area contributed by atoms with Gasteiger partial charge in [-0.2, -0.15) is 4.98 Å². The Balaban J connectivity index is 1.43. The molecule has 1 saturated carbocycles. The SMILES string of the molecule is CC1(C)SC[C@@H](C(=O)NCCc2noc(C3CC3)n2)NC1=O. The molecule has 0 radical (unpaired) electrons. The van der Waals surface area contributed by atoms with E-state index in [1.165, 1.54) is 11.8 Å². The van der Waals surface area contributed by atoms with Crippen LogP contribution in [0.5, 0.6) is 0 Å². The maximum Gasteiger partial charge on any atom is 0.243 e. The van der Waals surface area contributed by atoms with Gasteiger partial charge in [-0.1, -0.05) is 5.16 Å². The highest BCUT2D eigenvalue weighted by molar-refractivity contribution is 8.01. The molecule has 1 atom stereocenters. The predicted octanol–water partition coefficient (Wildman–Crippen LogP) is 0.616. The molecule has 8 heteroatoms. The van der Waals surface area contributed by atoms with Crippen LogP contribution in [-0.4, -0.2) is 45.0 Å². The third-order valence-electron chi connectivity index (χ3n) is 3.84. The Hall–Kier alpha value is -1.57. The first-order chi connectivity index (χ1) is 10.5. The predicted molar refractivity (Wildman–Crippen MR) is 81.5 cm³/mol. The summed E-state index contributed by atoms with van der Waals surface area (Å²) in [4.78, 5) is 28.2. The Morgan fingerprint density at radius 1 is 1.50 bits per heavy atom. The molecule has 1 aliphatic heterocycles. The average Bonchev–Trinajstić information content (AvgIpc) is 3.22. The lowest BCUT2D eigenvalue weighted by molar-refractivity contribution is -0.129. The lowest BCUT2D eigenvalue weighted by Crippen LogP contribution is -2.57. The topological polar surface area (TPSA) is 97.1 Å². The lowest BCUT2D eigenvalue weighted by atomic mass is 10.1. The summed E-state index contributed by atoms with van der Waals surface area (Å²) >= 11 is 1.50. The minimum Gasteiger partial charge on any atom is -0.354 e. The summed E-state index contributed by atoms with van der Waals surface area (Å²) in [6.45, 7) is 4.15. The van der Waals surface area contributed by atoms with Crippen molar-refractivity contribution in [1.82, 2.24) is 20.8 Å². The standard InChI is InChI=1S/C14H20N4O3S/c1-14(2)13(20)16-9(7-22-14)11(19)15-6-5-10-17-12(21-18-10)8-3-4-8/h8-9H,3-7H2,1-2H3,(H,15,19)(H,16,20)/t9-/m0/s1. The van der Waals surface area contributed by atoms with Crippen LogP contribution in [0, 0.1) is 0 Å². The van der Waals surface area contributed by atoms with Gasteiger partial charge in [0.15, 0.2) is 5.82 Å². The number of rotatable bonds is 5. The quantitative estimate of drug-likeness (QED) is 0.824. The molecule has 0 unspecified atom stereocenters. The smallest absolute Gasteiger partial charge is 0.243 e. The molecule has 2 amide bonds. The number of carbonyl (C=O) groups excluding carboxylic acids is 2. The van der Waals surface area contributed by atoms with Crippen molar-refractivity contribution in [2.45, 2.75) is 49.8 Å². The van der Waals surface area contributed by atoms with E-state index in [0.717, 1.165) is 12.8 Å². The third-order valence-corrected chi connectivity index (χ3v) is 5.24. The van der Waals surface area contributed by atoms with Gasteiger partial charge < -0.3 is 15.2 Å². The van der Waals surface area contributed by atoms with Crippen LogP contribution in [0.3, 0.4) is 0 Å². The molecular formula is C14H20N4O3S. The number of amides is 2. The number of nitrogens with one attached hydrogen (secondary N) is 2. The van der Waals surface area contributed by atoms with E-state index in [2.05, 4.69) is 20.8 Å². The van der Waals surface area contributed by atoms with E-state index in [0.29, 0.717) is 36.4 Å². The van der Waals surface area contributed by atoms with Crippen LogP contribution in [0.4, 0.5) is 0 Å². The molecule has 7 nitrogen and oxygen atoms in total. The molecular weight excluding hydrogens is 304 g/mol. The van der Waals surface area contributed by atoms with Gasteiger partial charge in [0.1, 0.15) is 6.04 Å². The van der Waals surface area contributed by atoms with Gasteiger partial charge in [0.2, 0.25) is 17.7 Å². The van der Waals surface area contributed by atoms with Crippen LogP contribution < -0.4 is 10.6 Å². The van der Waals surface area contributed by atoms with Crippen molar-refractivity contribution in [3.8, 4) is 0 Å². The number of carbonyl (C=O) groups is 2. The van der Waals surface area contributed by atoms with Gasteiger partial charge in [-0.15, -0.1) is 11.8 Å². The molecule has 3 rings (SSSR count). The highest BCUT2D eigenvalue weighted by Crippen LogP contribution is 2.38. The van der Waals surface area contributed by atoms with Crippen LogP contribution in [0.1, 0.15) is 44.3 Å². The van der Waals surface area contributed by atoms with Crippen molar-refractivity contribution in [2.75, 3.05) is 12.3 Å². The van der Waals surface area contributed by atoms with Gasteiger partial charge in [-0.05, 0) is 26.7 Å². The van der Waals surface area contributed by atoms with Crippen LogP contribution >= 0.6 is 11.8 Å². The number of nitrogens with zero attached hydrogens (tertiary/aromatic N) is 2. The molecule has 1 saturated heterocycles. The van der Waals surface area contributed by atoms with E-state index in [-0.39, 0.29) is 11.8 Å². The van der Waals surface area contributed by atoms with E-state index in [1.54, 1.807) is 0 Å². The zero-order valence-electron chi connectivity index (χ0n) is 12.7. The van der Waals surface area contributed by atoms with Crippen LogP contribution in [-0.2, 0) is 16.0 Å². The summed E-state index contributed by atoms with van der Waals surface area (Å²) in [7, 11) is 0. The van der Waals surface area contributed by atoms with Gasteiger partial charge in [0.25, 0.3) is 0 Å². The maximum atomic E-state index is 12.1. The van der Waals surface area contributed by atoms with Crippen molar-refractivity contribution in [3.63, 3.8) is 0 Å². The fraction of sp³-hybridized carbons (Fsp3) is 0.714. The van der Waals surface area contributed by atoms with Gasteiger partial charge in [-0.25, -0.2) is 0 Å². The largest absolute Gasteiger partial charge is 0.354 e. The first-order valence-electron chi connectivity index (χ1n) is 7.51. The van der Waals surface area contributed by atoms with Gasteiger partial charge >= 0.3 is 0 Å². The summed E-state index contributed by atoms with van der Waals surface area (Å²) < 4.78 is 4.69. The average molecular weight is 324 g/mol. The lowest BCUT2D eigenvalue weighted by Gasteiger charge is -2.32. The molecule has 0 bridgehead atoms. The second kappa shape index (κ2) is 5.91. The fourth-order valence-corrected chi connectivity index (χ4v) is 3.17. The highest BCUT2D eigenvalue weighted by Gasteiger charge is 2.37. The molecule has 1 aromatic rings. The molecule has 2 heterocycles. The van der Waals surface area contributed by atoms with Crippen LogP contribution in [0.25, 0.3) is 0 Å². The molecule has 22 heavy (non-hydrogen) atoms. The Labute approximate surface area is 133 Å². The molecule has 2 fully saturated rings. The summed E-state index contributed by atoms with van der Waals surface area (Å²) in [6, 6.07) is -0.474. The Morgan fingerprint density at radius 2 is 2.27 bits per heavy atom. The van der Waals surface area contributed by atoms with Gasteiger partial charge in [0, 0.05) is 24.6 Å². The van der Waals surface area contributed by atoms with Crippen molar-refractivity contribution >= 4 is 23.6 Å². The van der Waals surface area contributed by atoms with E-state index >= 15 is 0 Å². The number of aromatic nitrogens is 2. The number of thioether (sulfide) groups is 1. The summed E-state index contributed by atoms with van der Waals surface area (Å²) in [5.41, 5.74) is 0. The number of hydrogen-bond donors (Lipinski definition) is 2. The van der Waals surface area contributed by atoms with Crippen LogP contribution in [0.15, 0.2) is 4.52 Å². The zero-order valence-corrected chi connectivity index (χ0v) is 13.5. The minimum absolute atomic E-state index is 0.101. The van der Waals surface area contributed by atoms with E-state index in [1.807, 2.05) is 13.8 Å². The fourth-order valence-electron chi connectivity index (χ4n) is 2.16. The minimum atomic E-state index is -0.474. The van der Waals surface area contributed by atoms with Crippen molar-refractivity contribution < 1.29 is 14.1 Å². The normalized spacial score (nSPS) is 23.9. The molecule has 1 aliphatic carbocycles. The Bertz CT molecular complexity index is 582. The second-order valence-electron chi connectivity index (χ2n) is 6.21. The highest BCUT2D eigenvalue weighted by atomic mass is 32.2. The molecule has 0 spiro atoms. The summed E-state index contributed by atoms with van der Waals surface area (Å²) in [6.07, 6.45) is 2.77. The maximum absolute atomic E-state index is 12.1. The van der Waals surface area contributed by atoms with Crippen LogP contribution in [0.2, 0.25) is 0 Å². The third kappa shape index (κ3) is 3.43. The Kier molecular flexibility index (Phi) is 4.12. The molecule has 1 aromatic heterocycles. The van der Waals surface area contributed by atoms with E-state index < -0.39 is 10.8 Å². The van der Waals surface area contributed by atoms with Gasteiger partial charge in [0.05, 0.1) is 4.75 Å². The molecule has 0 aromatic carbocycles. The zero-order chi connectivity index (χ0) is 15.7. The first-order valence-corrected chi connectivity index (χ1v) is 8.49. The van der Waals surface area contributed by atoms with Gasteiger partial charge in [-0.3, -0.25) is 9.59 Å². The van der Waals surface area contributed by atoms with Crippen molar-refractivity contribution in [3.05, 3.63) is 11.7 Å². The Morgan fingerprint density at radius 3 is 2.95 bits per heavy atom. The first kappa shape index (κ1) is 15.3. The molecule has 2 N–H and O–H groups in total. The van der Waals surface area contributed by atoms with Crippen molar-refractivity contribution in [2.24, 2.45) is 0 Å². The molecule has 120 valence electrons. The summed E-state index contributed by atoms with van der Waals surface area (Å²) in [5.74, 6) is 2.08.